The number of ether oxygens (including phenoxy) is 1. The Morgan fingerprint density at radius 2 is 1.84 bits per heavy atom. The second-order valence-corrected chi connectivity index (χ2v) is 6.90. The van der Waals surface area contributed by atoms with Crippen molar-refractivity contribution < 1.29 is 18.7 Å². The lowest BCUT2D eigenvalue weighted by molar-refractivity contribution is -0.137. The third kappa shape index (κ3) is 4.30. The van der Waals surface area contributed by atoms with E-state index in [1.165, 1.54) is 24.3 Å². The normalized spacial score (nSPS) is 13.7. The molecule has 0 unspecified atom stereocenters. The van der Waals surface area contributed by atoms with Crippen molar-refractivity contribution in [2.24, 2.45) is 0 Å². The van der Waals surface area contributed by atoms with E-state index in [4.69, 9.17) is 4.74 Å². The molecule has 0 bridgehead atoms. The summed E-state index contributed by atoms with van der Waals surface area (Å²) in [5.74, 6) is -0.702. The molecule has 0 saturated carbocycles. The molecule has 0 saturated heterocycles. The lowest BCUT2D eigenvalue weighted by atomic mass is 10.0. The molecule has 0 fully saturated rings. The van der Waals surface area contributed by atoms with Crippen molar-refractivity contribution in [3.05, 3.63) is 95.7 Å². The fourth-order valence-electron chi connectivity index (χ4n) is 3.37. The van der Waals surface area contributed by atoms with E-state index in [0.29, 0.717) is 23.6 Å². The molecular formula is C24H20FN3O3. The van der Waals surface area contributed by atoms with Gasteiger partial charge < -0.3 is 10.1 Å². The highest BCUT2D eigenvalue weighted by molar-refractivity contribution is 6.36. The molecule has 0 spiro atoms. The lowest BCUT2D eigenvalue weighted by Gasteiger charge is -2.15. The summed E-state index contributed by atoms with van der Waals surface area (Å²) in [5, 5.41) is 3.08. The maximum absolute atomic E-state index is 13.5. The van der Waals surface area contributed by atoms with Gasteiger partial charge in [0.1, 0.15) is 17.3 Å². The van der Waals surface area contributed by atoms with Crippen LogP contribution in [-0.2, 0) is 16.1 Å². The van der Waals surface area contributed by atoms with Crippen LogP contribution in [0.3, 0.4) is 0 Å². The summed E-state index contributed by atoms with van der Waals surface area (Å²) in [6.45, 7) is 2.47. The molecule has 3 aromatic rings. The molecule has 0 radical (unpaired) electrons. The third-order valence-corrected chi connectivity index (χ3v) is 4.78. The first-order valence-corrected chi connectivity index (χ1v) is 9.82. The molecule has 1 aliphatic rings. The van der Waals surface area contributed by atoms with Crippen LogP contribution in [-0.4, -0.2) is 28.3 Å². The Morgan fingerprint density at radius 3 is 2.55 bits per heavy atom. The largest absolute Gasteiger partial charge is 0.494 e. The lowest BCUT2D eigenvalue weighted by Crippen LogP contribution is -2.32. The summed E-state index contributed by atoms with van der Waals surface area (Å²) in [7, 11) is 0. The first kappa shape index (κ1) is 20.3. The highest BCUT2D eigenvalue weighted by atomic mass is 19.1. The number of hydrogen-bond acceptors (Lipinski definition) is 5. The summed E-state index contributed by atoms with van der Waals surface area (Å²) in [6.07, 6.45) is 3.23. The van der Waals surface area contributed by atoms with Crippen molar-refractivity contribution in [2.75, 3.05) is 11.9 Å². The van der Waals surface area contributed by atoms with Gasteiger partial charge in [-0.2, -0.15) is 0 Å². The van der Waals surface area contributed by atoms with E-state index in [0.717, 1.165) is 10.5 Å². The number of nitrogens with one attached hydrogen (secondary N) is 1. The Kier molecular flexibility index (Phi) is 5.75. The number of pyridine rings is 1. The smallest absolute Gasteiger partial charge is 0.278 e. The molecule has 0 aliphatic carbocycles. The van der Waals surface area contributed by atoms with Gasteiger partial charge in [0.15, 0.2) is 0 Å². The Labute approximate surface area is 179 Å². The minimum absolute atomic E-state index is 0.0837. The van der Waals surface area contributed by atoms with Crippen LogP contribution in [0.1, 0.15) is 18.1 Å². The highest BCUT2D eigenvalue weighted by Crippen LogP contribution is 2.32. The minimum atomic E-state index is -0.463. The first-order valence-electron chi connectivity index (χ1n) is 9.82. The Balaban J connectivity index is 1.72. The first-order chi connectivity index (χ1) is 15.1. The van der Waals surface area contributed by atoms with Gasteiger partial charge in [0.25, 0.3) is 11.8 Å². The Hall–Kier alpha value is -4.00. The second-order valence-electron chi connectivity index (χ2n) is 6.90. The summed E-state index contributed by atoms with van der Waals surface area (Å²) in [4.78, 5) is 31.7. The number of imide groups is 1. The molecule has 1 aliphatic heterocycles. The Morgan fingerprint density at radius 1 is 1.03 bits per heavy atom. The summed E-state index contributed by atoms with van der Waals surface area (Å²) in [6, 6.07) is 16.2. The molecule has 0 atom stereocenters. The number of nitrogens with zero attached hydrogens (tertiary/aromatic N) is 2. The number of halogens is 1. The van der Waals surface area contributed by atoms with Crippen LogP contribution >= 0.6 is 0 Å². The van der Waals surface area contributed by atoms with Gasteiger partial charge in [-0.25, -0.2) is 4.39 Å². The molecule has 1 N–H and O–H groups in total. The van der Waals surface area contributed by atoms with Crippen LogP contribution < -0.4 is 10.1 Å². The monoisotopic (exact) mass is 417 g/mol. The molecule has 7 heteroatoms. The van der Waals surface area contributed by atoms with E-state index in [1.807, 2.05) is 6.92 Å². The maximum Gasteiger partial charge on any atom is 0.278 e. The summed E-state index contributed by atoms with van der Waals surface area (Å²) < 4.78 is 19.0. The predicted molar refractivity (Wildman–Crippen MR) is 114 cm³/mol. The quantitative estimate of drug-likeness (QED) is 0.588. The number of carbonyl (C=O) groups excluding carboxylic acids is 2. The van der Waals surface area contributed by atoms with E-state index in [-0.39, 0.29) is 17.8 Å². The number of rotatable bonds is 7. The number of benzene rings is 2. The molecule has 1 aromatic heterocycles. The zero-order valence-electron chi connectivity index (χ0n) is 16.8. The topological polar surface area (TPSA) is 71.5 Å². The van der Waals surface area contributed by atoms with Gasteiger partial charge in [-0.05, 0) is 48.4 Å². The molecule has 2 heterocycles. The minimum Gasteiger partial charge on any atom is -0.494 e. The van der Waals surface area contributed by atoms with Crippen molar-refractivity contribution in [2.45, 2.75) is 13.5 Å². The highest BCUT2D eigenvalue weighted by Gasteiger charge is 2.39. The van der Waals surface area contributed by atoms with Crippen LogP contribution in [0.2, 0.25) is 0 Å². The van der Waals surface area contributed by atoms with Crippen LogP contribution in [0, 0.1) is 5.82 Å². The molecule has 2 amide bonds. The summed E-state index contributed by atoms with van der Waals surface area (Å²) in [5.41, 5.74) is 2.11. The van der Waals surface area contributed by atoms with E-state index >= 15 is 0 Å². The average molecular weight is 417 g/mol. The molecule has 156 valence electrons. The maximum atomic E-state index is 13.5. The van der Waals surface area contributed by atoms with Crippen LogP contribution in [0.4, 0.5) is 10.1 Å². The van der Waals surface area contributed by atoms with Gasteiger partial charge in [0.2, 0.25) is 0 Å². The van der Waals surface area contributed by atoms with Gasteiger partial charge in [0, 0.05) is 24.1 Å². The van der Waals surface area contributed by atoms with E-state index in [2.05, 4.69) is 10.3 Å². The van der Waals surface area contributed by atoms with Gasteiger partial charge in [-0.3, -0.25) is 19.5 Å². The van der Waals surface area contributed by atoms with Crippen molar-refractivity contribution >= 4 is 23.1 Å². The van der Waals surface area contributed by atoms with Gasteiger partial charge in [0.05, 0.1) is 18.7 Å². The molecular weight excluding hydrogens is 397 g/mol. The molecule has 4 rings (SSSR count). The van der Waals surface area contributed by atoms with Crippen molar-refractivity contribution in [1.82, 2.24) is 9.88 Å². The van der Waals surface area contributed by atoms with Crippen molar-refractivity contribution in [1.29, 1.82) is 0 Å². The molecule has 2 aromatic carbocycles. The van der Waals surface area contributed by atoms with Crippen LogP contribution in [0.25, 0.3) is 5.57 Å². The second kappa shape index (κ2) is 8.79. The van der Waals surface area contributed by atoms with Gasteiger partial charge in [-0.1, -0.05) is 24.3 Å². The summed E-state index contributed by atoms with van der Waals surface area (Å²) >= 11 is 0. The SMILES string of the molecule is CCOc1cccc(NC2=C(c3ccc(F)cc3)C(=O)N(Cc3cccnc3)C2=O)c1. The number of carbonyl (C=O) groups is 2. The third-order valence-electron chi connectivity index (χ3n) is 4.78. The fraction of sp³-hybridized carbons (Fsp3) is 0.125. The predicted octanol–water partition coefficient (Wildman–Crippen LogP) is 4.01. The van der Waals surface area contributed by atoms with Crippen LogP contribution in [0.5, 0.6) is 5.75 Å². The number of amides is 2. The van der Waals surface area contributed by atoms with Crippen molar-refractivity contribution in [3.63, 3.8) is 0 Å². The van der Waals surface area contributed by atoms with E-state index in [9.17, 15) is 14.0 Å². The zero-order valence-corrected chi connectivity index (χ0v) is 16.8. The average Bonchev–Trinajstić information content (AvgIpc) is 3.00. The Bertz CT molecular complexity index is 1140. The van der Waals surface area contributed by atoms with Crippen LogP contribution in [0.15, 0.2) is 78.8 Å². The van der Waals surface area contributed by atoms with Gasteiger partial charge in [-0.15, -0.1) is 0 Å². The molecule has 6 nitrogen and oxygen atoms in total. The number of aromatic nitrogens is 1. The number of hydrogen-bond donors (Lipinski definition) is 1. The van der Waals surface area contributed by atoms with Gasteiger partial charge >= 0.3 is 0 Å². The standard InChI is InChI=1S/C24H20FN3O3/c1-2-31-20-7-3-6-19(13-20)27-22-21(17-8-10-18(25)11-9-17)23(29)28(24(22)30)15-16-5-4-12-26-14-16/h3-14,27H,2,15H2,1H3. The zero-order chi connectivity index (χ0) is 21.8. The van der Waals surface area contributed by atoms with E-state index in [1.54, 1.807) is 48.8 Å². The number of anilines is 1. The van der Waals surface area contributed by atoms with Crippen molar-refractivity contribution in [3.8, 4) is 5.75 Å². The fourth-order valence-corrected chi connectivity index (χ4v) is 3.37. The van der Waals surface area contributed by atoms with E-state index < -0.39 is 17.6 Å². The molecule has 31 heavy (non-hydrogen) atoms.